The normalized spacial score (nSPS) is 11.8. The number of benzene rings is 1. The van der Waals surface area contributed by atoms with E-state index in [1.165, 1.54) is 0 Å². The maximum absolute atomic E-state index is 11.8. The van der Waals surface area contributed by atoms with Crippen LogP contribution in [0.15, 0.2) is 30.3 Å². The van der Waals surface area contributed by atoms with E-state index in [1.807, 2.05) is 44.2 Å². The lowest BCUT2D eigenvalue weighted by Gasteiger charge is -2.19. The van der Waals surface area contributed by atoms with Gasteiger partial charge in [0, 0.05) is 13.1 Å². The molecule has 1 atom stereocenters. The number of nitrogens with two attached hydrogens (primary N) is 1. The molecule has 5 nitrogen and oxygen atoms in total. The van der Waals surface area contributed by atoms with Gasteiger partial charge in [0.1, 0.15) is 0 Å². The van der Waals surface area contributed by atoms with Crippen molar-refractivity contribution < 1.29 is 9.59 Å². The summed E-state index contributed by atoms with van der Waals surface area (Å²) in [4.78, 5) is 25.3. The summed E-state index contributed by atoms with van der Waals surface area (Å²) in [5.41, 5.74) is 6.84. The van der Waals surface area contributed by atoms with Crippen LogP contribution in [0.25, 0.3) is 0 Å². The summed E-state index contributed by atoms with van der Waals surface area (Å²) in [7, 11) is 0. The summed E-state index contributed by atoms with van der Waals surface area (Å²) in [6.45, 7) is 5.10. The van der Waals surface area contributed by atoms with E-state index in [4.69, 9.17) is 5.73 Å². The monoisotopic (exact) mass is 277 g/mol. The fraction of sp³-hybridized carbons (Fsp3) is 0.467. The van der Waals surface area contributed by atoms with Gasteiger partial charge in [-0.05, 0) is 25.8 Å². The van der Waals surface area contributed by atoms with Crippen molar-refractivity contribution in [2.75, 3.05) is 19.6 Å². The first-order valence-electron chi connectivity index (χ1n) is 6.93. The minimum absolute atomic E-state index is 0.00298. The van der Waals surface area contributed by atoms with Crippen LogP contribution in [0.3, 0.4) is 0 Å². The molecule has 5 heteroatoms. The molecule has 0 saturated carbocycles. The zero-order valence-electron chi connectivity index (χ0n) is 12.1. The summed E-state index contributed by atoms with van der Waals surface area (Å²) in [6.07, 6.45) is 0.464. The highest BCUT2D eigenvalue weighted by molar-refractivity contribution is 5.87. The number of carbonyl (C=O) groups is 2. The van der Waals surface area contributed by atoms with E-state index in [2.05, 4.69) is 5.32 Å². The van der Waals surface area contributed by atoms with Crippen molar-refractivity contribution in [2.24, 2.45) is 5.73 Å². The smallest absolute Gasteiger partial charge is 0.241 e. The zero-order chi connectivity index (χ0) is 15.0. The third-order valence-corrected chi connectivity index (χ3v) is 3.17. The maximum atomic E-state index is 11.8. The molecule has 2 amide bonds. The molecular formula is C15H23N3O2. The molecule has 20 heavy (non-hydrogen) atoms. The first kappa shape index (κ1) is 16.2. The van der Waals surface area contributed by atoms with E-state index in [0.717, 1.165) is 5.56 Å². The number of amides is 2. The molecule has 0 aromatic heterocycles. The topological polar surface area (TPSA) is 75.4 Å². The highest BCUT2D eigenvalue weighted by atomic mass is 16.2. The number of likely N-dealkylation sites (N-methyl/N-ethyl adjacent to an activating group) is 1. The Labute approximate surface area is 120 Å². The van der Waals surface area contributed by atoms with Crippen LogP contribution in [0.1, 0.15) is 19.4 Å². The first-order chi connectivity index (χ1) is 9.58. The van der Waals surface area contributed by atoms with Crippen LogP contribution in [-0.4, -0.2) is 42.4 Å². The lowest BCUT2D eigenvalue weighted by molar-refractivity contribution is -0.132. The molecule has 1 aromatic carbocycles. The van der Waals surface area contributed by atoms with Crippen LogP contribution >= 0.6 is 0 Å². The Balaban J connectivity index is 2.41. The van der Waals surface area contributed by atoms with Gasteiger partial charge >= 0.3 is 0 Å². The van der Waals surface area contributed by atoms with Crippen LogP contribution in [0.5, 0.6) is 0 Å². The number of nitrogens with zero attached hydrogens (tertiary/aromatic N) is 1. The third kappa shape index (κ3) is 5.01. The van der Waals surface area contributed by atoms with Crippen molar-refractivity contribution in [3.63, 3.8) is 0 Å². The lowest BCUT2D eigenvalue weighted by Crippen LogP contribution is -2.46. The van der Waals surface area contributed by atoms with E-state index in [1.54, 1.807) is 4.90 Å². The molecule has 0 unspecified atom stereocenters. The van der Waals surface area contributed by atoms with Crippen molar-refractivity contribution in [3.05, 3.63) is 35.9 Å². The average molecular weight is 277 g/mol. The summed E-state index contributed by atoms with van der Waals surface area (Å²) < 4.78 is 0. The van der Waals surface area contributed by atoms with Gasteiger partial charge in [-0.25, -0.2) is 0 Å². The molecule has 0 spiro atoms. The largest absolute Gasteiger partial charge is 0.346 e. The molecule has 1 rings (SSSR count). The van der Waals surface area contributed by atoms with E-state index >= 15 is 0 Å². The van der Waals surface area contributed by atoms with Crippen molar-refractivity contribution >= 4 is 11.8 Å². The minimum Gasteiger partial charge on any atom is -0.346 e. The molecule has 1 aromatic rings. The van der Waals surface area contributed by atoms with Gasteiger partial charge in [0.2, 0.25) is 11.8 Å². The standard InChI is InChI=1S/C15H23N3O2/c1-3-18(4-2)14(19)11-17-15(20)13(16)10-12-8-6-5-7-9-12/h5-9,13H,3-4,10-11,16H2,1-2H3,(H,17,20)/t13-/m0/s1. The Bertz CT molecular complexity index is 430. The molecule has 0 aliphatic rings. The lowest BCUT2D eigenvalue weighted by atomic mass is 10.1. The molecule has 0 bridgehead atoms. The Morgan fingerprint density at radius 3 is 2.35 bits per heavy atom. The Kier molecular flexibility index (Phi) is 6.73. The molecule has 0 heterocycles. The second-order valence-corrected chi connectivity index (χ2v) is 4.58. The minimum atomic E-state index is -0.637. The van der Waals surface area contributed by atoms with Gasteiger partial charge in [-0.3, -0.25) is 9.59 Å². The van der Waals surface area contributed by atoms with Gasteiger partial charge in [-0.15, -0.1) is 0 Å². The Morgan fingerprint density at radius 2 is 1.80 bits per heavy atom. The molecule has 0 saturated heterocycles. The Morgan fingerprint density at radius 1 is 1.20 bits per heavy atom. The van der Waals surface area contributed by atoms with Gasteiger partial charge in [-0.2, -0.15) is 0 Å². The second-order valence-electron chi connectivity index (χ2n) is 4.58. The van der Waals surface area contributed by atoms with E-state index < -0.39 is 6.04 Å². The summed E-state index contributed by atoms with van der Waals surface area (Å²) >= 11 is 0. The zero-order valence-corrected chi connectivity index (χ0v) is 12.1. The van der Waals surface area contributed by atoms with E-state index in [0.29, 0.717) is 19.5 Å². The van der Waals surface area contributed by atoms with Gasteiger partial charge in [0.15, 0.2) is 0 Å². The number of carbonyl (C=O) groups excluding carboxylic acids is 2. The first-order valence-corrected chi connectivity index (χ1v) is 6.93. The van der Waals surface area contributed by atoms with Crippen LogP contribution in [0.4, 0.5) is 0 Å². The summed E-state index contributed by atoms with van der Waals surface area (Å²) in [6, 6.07) is 8.94. The molecule has 0 aliphatic carbocycles. The molecular weight excluding hydrogens is 254 g/mol. The van der Waals surface area contributed by atoms with E-state index in [9.17, 15) is 9.59 Å². The number of rotatable bonds is 7. The van der Waals surface area contributed by atoms with E-state index in [-0.39, 0.29) is 18.4 Å². The predicted molar refractivity (Wildman–Crippen MR) is 79.1 cm³/mol. The SMILES string of the molecule is CCN(CC)C(=O)CNC(=O)[C@@H](N)Cc1ccccc1. The van der Waals surface area contributed by atoms with Gasteiger partial charge in [0.25, 0.3) is 0 Å². The van der Waals surface area contributed by atoms with Crippen LogP contribution in [0.2, 0.25) is 0 Å². The van der Waals surface area contributed by atoms with Crippen molar-refractivity contribution in [1.29, 1.82) is 0 Å². The third-order valence-electron chi connectivity index (χ3n) is 3.17. The van der Waals surface area contributed by atoms with Crippen LogP contribution in [0, 0.1) is 0 Å². The van der Waals surface area contributed by atoms with Crippen molar-refractivity contribution in [2.45, 2.75) is 26.3 Å². The van der Waals surface area contributed by atoms with Crippen LogP contribution in [-0.2, 0) is 16.0 Å². The molecule has 0 fully saturated rings. The second kappa shape index (κ2) is 8.32. The Hall–Kier alpha value is -1.88. The van der Waals surface area contributed by atoms with Gasteiger partial charge < -0.3 is 16.0 Å². The highest BCUT2D eigenvalue weighted by Gasteiger charge is 2.16. The van der Waals surface area contributed by atoms with Gasteiger partial charge in [-0.1, -0.05) is 30.3 Å². The molecule has 3 N–H and O–H groups in total. The van der Waals surface area contributed by atoms with Gasteiger partial charge in [0.05, 0.1) is 12.6 Å². The molecule has 110 valence electrons. The highest BCUT2D eigenvalue weighted by Crippen LogP contribution is 2.01. The number of hydrogen-bond donors (Lipinski definition) is 2. The fourth-order valence-electron chi connectivity index (χ4n) is 1.94. The van der Waals surface area contributed by atoms with Crippen LogP contribution < -0.4 is 11.1 Å². The molecule has 0 radical (unpaired) electrons. The summed E-state index contributed by atoms with van der Waals surface area (Å²) in [5, 5.41) is 2.60. The summed E-state index contributed by atoms with van der Waals surface area (Å²) in [5.74, 6) is -0.385. The van der Waals surface area contributed by atoms with Crippen molar-refractivity contribution in [1.82, 2.24) is 10.2 Å². The molecule has 0 aliphatic heterocycles. The maximum Gasteiger partial charge on any atom is 0.241 e. The quantitative estimate of drug-likeness (QED) is 0.764. The van der Waals surface area contributed by atoms with Crippen molar-refractivity contribution in [3.8, 4) is 0 Å². The average Bonchev–Trinajstić information content (AvgIpc) is 2.47. The number of hydrogen-bond acceptors (Lipinski definition) is 3. The number of nitrogens with one attached hydrogen (secondary N) is 1. The predicted octanol–water partition coefficient (Wildman–Crippen LogP) is 0.541. The fourth-order valence-corrected chi connectivity index (χ4v) is 1.94.